The van der Waals surface area contributed by atoms with Gasteiger partial charge in [-0.1, -0.05) is 12.8 Å². The van der Waals surface area contributed by atoms with Crippen LogP contribution in [0.5, 0.6) is 0 Å². The van der Waals surface area contributed by atoms with Crippen LogP contribution < -0.4 is 0 Å². The second-order valence-electron chi connectivity index (χ2n) is 4.07. The average molecular weight is 248 g/mol. The lowest BCUT2D eigenvalue weighted by molar-refractivity contribution is -0.384. The molecule has 88 valence electrons. The molecule has 0 heterocycles. The van der Waals surface area contributed by atoms with Crippen molar-refractivity contribution in [2.45, 2.75) is 35.8 Å². The molecule has 0 amide bonds. The van der Waals surface area contributed by atoms with Crippen LogP contribution in [0.15, 0.2) is 23.1 Å². The molecule has 0 bridgehead atoms. The minimum Gasteiger partial charge on any atom is -0.258 e. The van der Waals surface area contributed by atoms with Gasteiger partial charge in [-0.05, 0) is 18.9 Å². The van der Waals surface area contributed by atoms with Crippen molar-refractivity contribution < 1.29 is 4.92 Å². The molecule has 0 N–H and O–H groups in total. The molecule has 2 rings (SSSR count). The van der Waals surface area contributed by atoms with Gasteiger partial charge in [-0.2, -0.15) is 5.26 Å². The van der Waals surface area contributed by atoms with Gasteiger partial charge in [0.05, 0.1) is 10.5 Å². The van der Waals surface area contributed by atoms with Gasteiger partial charge in [0.1, 0.15) is 6.07 Å². The molecule has 0 atom stereocenters. The number of nitro groups is 1. The van der Waals surface area contributed by atoms with E-state index in [0.29, 0.717) is 10.8 Å². The Hall–Kier alpha value is -1.54. The summed E-state index contributed by atoms with van der Waals surface area (Å²) in [4.78, 5) is 11.0. The summed E-state index contributed by atoms with van der Waals surface area (Å²) >= 11 is 1.68. The van der Waals surface area contributed by atoms with Crippen molar-refractivity contribution >= 4 is 17.4 Å². The smallest absolute Gasteiger partial charge is 0.258 e. The SMILES string of the molecule is N#Cc1cc([N+](=O)[O-])ccc1SC1CCCC1. The number of nitriles is 1. The van der Waals surface area contributed by atoms with Crippen LogP contribution >= 0.6 is 11.8 Å². The van der Waals surface area contributed by atoms with Gasteiger partial charge in [-0.25, -0.2) is 0 Å². The van der Waals surface area contributed by atoms with Crippen LogP contribution in [0.2, 0.25) is 0 Å². The summed E-state index contributed by atoms with van der Waals surface area (Å²) in [6.07, 6.45) is 4.83. The first-order valence-corrected chi connectivity index (χ1v) is 6.44. The van der Waals surface area contributed by atoms with Crippen molar-refractivity contribution in [3.63, 3.8) is 0 Å². The maximum Gasteiger partial charge on any atom is 0.270 e. The predicted octanol–water partition coefficient (Wildman–Crippen LogP) is 3.50. The Kier molecular flexibility index (Phi) is 3.64. The van der Waals surface area contributed by atoms with E-state index in [-0.39, 0.29) is 5.69 Å². The van der Waals surface area contributed by atoms with E-state index in [1.54, 1.807) is 17.8 Å². The zero-order chi connectivity index (χ0) is 12.3. The number of hydrogen-bond donors (Lipinski definition) is 0. The van der Waals surface area contributed by atoms with Gasteiger partial charge >= 0.3 is 0 Å². The van der Waals surface area contributed by atoms with Crippen LogP contribution in [0.1, 0.15) is 31.2 Å². The summed E-state index contributed by atoms with van der Waals surface area (Å²) in [6.45, 7) is 0. The fourth-order valence-corrected chi connectivity index (χ4v) is 3.31. The normalized spacial score (nSPS) is 15.7. The number of thioether (sulfide) groups is 1. The van der Waals surface area contributed by atoms with Crippen LogP contribution in [-0.2, 0) is 0 Å². The van der Waals surface area contributed by atoms with Gasteiger partial charge in [-0.3, -0.25) is 10.1 Å². The quantitative estimate of drug-likeness (QED) is 0.606. The van der Waals surface area contributed by atoms with Gasteiger partial charge in [-0.15, -0.1) is 11.8 Å². The van der Waals surface area contributed by atoms with Gasteiger partial charge in [0, 0.05) is 22.3 Å². The average Bonchev–Trinajstić information content (AvgIpc) is 2.82. The Morgan fingerprint density at radius 3 is 2.71 bits per heavy atom. The Labute approximate surface area is 104 Å². The van der Waals surface area contributed by atoms with Gasteiger partial charge in [0.2, 0.25) is 0 Å². The van der Waals surface area contributed by atoms with Gasteiger partial charge in [0.15, 0.2) is 0 Å². The molecule has 0 aliphatic heterocycles. The highest BCUT2D eigenvalue weighted by Gasteiger charge is 2.19. The van der Waals surface area contributed by atoms with Crippen molar-refractivity contribution in [3.05, 3.63) is 33.9 Å². The molecular formula is C12H12N2O2S. The first-order valence-electron chi connectivity index (χ1n) is 5.56. The fraction of sp³-hybridized carbons (Fsp3) is 0.417. The molecule has 0 unspecified atom stereocenters. The number of nitrogens with zero attached hydrogens (tertiary/aromatic N) is 2. The maximum absolute atomic E-state index is 10.6. The number of hydrogen-bond acceptors (Lipinski definition) is 4. The Morgan fingerprint density at radius 2 is 2.12 bits per heavy atom. The molecule has 1 saturated carbocycles. The largest absolute Gasteiger partial charge is 0.270 e. The topological polar surface area (TPSA) is 66.9 Å². The van der Waals surface area contributed by atoms with E-state index in [9.17, 15) is 10.1 Å². The van der Waals surface area contributed by atoms with Crippen LogP contribution in [-0.4, -0.2) is 10.2 Å². The predicted molar refractivity (Wildman–Crippen MR) is 65.9 cm³/mol. The third kappa shape index (κ3) is 2.77. The van der Waals surface area contributed by atoms with Crippen molar-refractivity contribution in [1.82, 2.24) is 0 Å². The maximum atomic E-state index is 10.6. The number of nitro benzene ring substituents is 1. The van der Waals surface area contributed by atoms with E-state index in [1.165, 1.54) is 37.8 Å². The molecule has 0 saturated heterocycles. The fourth-order valence-electron chi connectivity index (χ4n) is 2.01. The summed E-state index contributed by atoms with van der Waals surface area (Å²) in [5, 5.41) is 20.2. The molecule has 0 aromatic heterocycles. The zero-order valence-corrected chi connectivity index (χ0v) is 10.1. The van der Waals surface area contributed by atoms with E-state index >= 15 is 0 Å². The van der Waals surface area contributed by atoms with Crippen molar-refractivity contribution in [2.75, 3.05) is 0 Å². The van der Waals surface area contributed by atoms with Crippen LogP contribution in [0, 0.1) is 21.4 Å². The van der Waals surface area contributed by atoms with Crippen LogP contribution in [0.4, 0.5) is 5.69 Å². The monoisotopic (exact) mass is 248 g/mol. The molecule has 5 heteroatoms. The van der Waals surface area contributed by atoms with E-state index in [2.05, 4.69) is 0 Å². The first kappa shape index (κ1) is 11.9. The van der Waals surface area contributed by atoms with E-state index in [1.807, 2.05) is 6.07 Å². The van der Waals surface area contributed by atoms with Gasteiger partial charge in [0.25, 0.3) is 5.69 Å². The summed E-state index contributed by atoms with van der Waals surface area (Å²) < 4.78 is 0. The summed E-state index contributed by atoms with van der Waals surface area (Å²) in [6, 6.07) is 6.56. The van der Waals surface area contributed by atoms with Crippen molar-refractivity contribution in [3.8, 4) is 6.07 Å². The highest BCUT2D eigenvalue weighted by molar-refractivity contribution is 8.00. The Bertz CT molecular complexity index is 476. The van der Waals surface area contributed by atoms with Crippen molar-refractivity contribution in [1.29, 1.82) is 5.26 Å². The van der Waals surface area contributed by atoms with E-state index in [4.69, 9.17) is 5.26 Å². The highest BCUT2D eigenvalue weighted by atomic mass is 32.2. The Morgan fingerprint density at radius 1 is 1.41 bits per heavy atom. The van der Waals surface area contributed by atoms with E-state index in [0.717, 1.165) is 4.90 Å². The lowest BCUT2D eigenvalue weighted by atomic mass is 10.2. The van der Waals surface area contributed by atoms with Crippen LogP contribution in [0.3, 0.4) is 0 Å². The minimum absolute atomic E-state index is 0.0164. The lowest BCUT2D eigenvalue weighted by Crippen LogP contribution is -1.96. The van der Waals surface area contributed by atoms with Crippen LogP contribution in [0.25, 0.3) is 0 Å². The van der Waals surface area contributed by atoms with E-state index < -0.39 is 4.92 Å². The molecule has 1 aromatic rings. The highest BCUT2D eigenvalue weighted by Crippen LogP contribution is 2.36. The number of non-ortho nitro benzene ring substituents is 1. The molecule has 1 fully saturated rings. The second-order valence-corrected chi connectivity index (χ2v) is 5.42. The standard InChI is InChI=1S/C12H12N2O2S/c13-8-9-7-10(14(15)16)5-6-12(9)17-11-3-1-2-4-11/h5-7,11H,1-4H2. The number of rotatable bonds is 3. The minimum atomic E-state index is -0.467. The molecule has 1 aliphatic carbocycles. The molecule has 0 radical (unpaired) electrons. The Balaban J connectivity index is 2.22. The first-order chi connectivity index (χ1) is 8.20. The van der Waals surface area contributed by atoms with Crippen molar-refractivity contribution in [2.24, 2.45) is 0 Å². The summed E-state index contributed by atoms with van der Waals surface area (Å²) in [5.74, 6) is 0. The molecule has 1 aromatic carbocycles. The summed E-state index contributed by atoms with van der Waals surface area (Å²) in [5.41, 5.74) is 0.397. The molecule has 1 aliphatic rings. The number of benzene rings is 1. The molecule has 0 spiro atoms. The third-order valence-electron chi connectivity index (χ3n) is 2.89. The molecule has 4 nitrogen and oxygen atoms in total. The second kappa shape index (κ2) is 5.19. The lowest BCUT2D eigenvalue weighted by Gasteiger charge is -2.09. The molecular weight excluding hydrogens is 236 g/mol. The molecule has 17 heavy (non-hydrogen) atoms. The van der Waals surface area contributed by atoms with Gasteiger partial charge < -0.3 is 0 Å². The zero-order valence-electron chi connectivity index (χ0n) is 9.26. The third-order valence-corrected chi connectivity index (χ3v) is 4.30. The summed E-state index contributed by atoms with van der Waals surface area (Å²) in [7, 11) is 0.